The Labute approximate surface area is 80.4 Å². The molecule has 0 bridgehead atoms. The topological polar surface area (TPSA) is 3.24 Å². The number of rotatable bonds is 1. The molecular weight excluding hydrogens is 158 g/mol. The summed E-state index contributed by atoms with van der Waals surface area (Å²) < 4.78 is 0. The van der Waals surface area contributed by atoms with Gasteiger partial charge >= 0.3 is 0 Å². The van der Waals surface area contributed by atoms with Crippen molar-refractivity contribution in [3.63, 3.8) is 0 Å². The first-order valence-corrected chi connectivity index (χ1v) is 4.98. The van der Waals surface area contributed by atoms with Gasteiger partial charge in [0.1, 0.15) is 0 Å². The van der Waals surface area contributed by atoms with Crippen LogP contribution >= 0.6 is 0 Å². The van der Waals surface area contributed by atoms with Crippen LogP contribution in [0.1, 0.15) is 19.3 Å². The minimum Gasteiger partial charge on any atom is -0.299 e. The largest absolute Gasteiger partial charge is 0.299 e. The van der Waals surface area contributed by atoms with E-state index in [2.05, 4.69) is 25.1 Å². The predicted molar refractivity (Wildman–Crippen MR) is 56.6 cm³/mol. The van der Waals surface area contributed by atoms with Gasteiger partial charge in [0.05, 0.1) is 0 Å². The zero-order valence-electron chi connectivity index (χ0n) is 8.34. The number of hydrogen-bond donors (Lipinski definition) is 0. The molecule has 70 valence electrons. The zero-order chi connectivity index (χ0) is 9.42. The van der Waals surface area contributed by atoms with Crippen LogP contribution in [0.5, 0.6) is 0 Å². The van der Waals surface area contributed by atoms with E-state index in [9.17, 15) is 0 Å². The van der Waals surface area contributed by atoms with Crippen LogP contribution in [0.15, 0.2) is 36.0 Å². The monoisotopic (exact) mass is 175 g/mol. The molecule has 0 aromatic heterocycles. The van der Waals surface area contributed by atoms with Crippen LogP contribution < -0.4 is 0 Å². The summed E-state index contributed by atoms with van der Waals surface area (Å²) in [6.45, 7) is 9.20. The van der Waals surface area contributed by atoms with Crippen molar-refractivity contribution >= 4 is 0 Å². The number of nitrogens with zero attached hydrogens (tertiary/aromatic N) is 1. The highest BCUT2D eigenvalue weighted by Crippen LogP contribution is 2.38. The van der Waals surface area contributed by atoms with E-state index in [0.29, 0.717) is 6.04 Å². The van der Waals surface area contributed by atoms with Gasteiger partial charge in [-0.2, -0.15) is 0 Å². The van der Waals surface area contributed by atoms with Gasteiger partial charge in [-0.15, -0.1) is 0 Å². The first-order chi connectivity index (χ1) is 6.24. The zero-order valence-corrected chi connectivity index (χ0v) is 8.34. The minimum atomic E-state index is 0.634. The molecule has 2 aliphatic rings. The molecule has 1 fully saturated rings. The molecule has 1 aliphatic heterocycles. The van der Waals surface area contributed by atoms with Gasteiger partial charge in [0, 0.05) is 12.6 Å². The Morgan fingerprint density at radius 1 is 1.46 bits per heavy atom. The molecular formula is C12H17N. The van der Waals surface area contributed by atoms with E-state index >= 15 is 0 Å². The van der Waals surface area contributed by atoms with Gasteiger partial charge in [-0.3, -0.25) is 4.90 Å². The third-order valence-corrected chi connectivity index (χ3v) is 3.29. The van der Waals surface area contributed by atoms with Gasteiger partial charge in [-0.1, -0.05) is 24.8 Å². The van der Waals surface area contributed by atoms with Crippen LogP contribution in [0.25, 0.3) is 0 Å². The van der Waals surface area contributed by atoms with Crippen LogP contribution in [-0.2, 0) is 0 Å². The molecule has 0 amide bonds. The Kier molecular flexibility index (Phi) is 2.12. The molecule has 1 nitrogen and oxygen atoms in total. The van der Waals surface area contributed by atoms with Crippen molar-refractivity contribution in [3.05, 3.63) is 36.0 Å². The summed E-state index contributed by atoms with van der Waals surface area (Å²) in [6, 6.07) is 0.634. The third kappa shape index (κ3) is 1.28. The van der Waals surface area contributed by atoms with Crippen LogP contribution in [0, 0.1) is 0 Å². The van der Waals surface area contributed by atoms with Gasteiger partial charge in [0.15, 0.2) is 0 Å². The molecule has 1 heterocycles. The van der Waals surface area contributed by atoms with E-state index < -0.39 is 0 Å². The van der Waals surface area contributed by atoms with E-state index in [1.54, 1.807) is 0 Å². The maximum Gasteiger partial charge on any atom is 0.0353 e. The SMILES string of the molecule is C=CC1=C2C(=C)CCC2N(C)CC1. The summed E-state index contributed by atoms with van der Waals surface area (Å²) in [7, 11) is 2.21. The average Bonchev–Trinajstić information content (AvgIpc) is 2.51. The Morgan fingerprint density at radius 3 is 2.92 bits per heavy atom. The second kappa shape index (κ2) is 3.15. The summed E-state index contributed by atoms with van der Waals surface area (Å²) in [5.74, 6) is 0. The number of hydrogen-bond acceptors (Lipinski definition) is 1. The van der Waals surface area contributed by atoms with E-state index in [0.717, 1.165) is 6.42 Å². The highest BCUT2D eigenvalue weighted by Gasteiger charge is 2.32. The fourth-order valence-electron chi connectivity index (χ4n) is 2.51. The van der Waals surface area contributed by atoms with E-state index in [1.165, 1.54) is 36.1 Å². The Morgan fingerprint density at radius 2 is 2.23 bits per heavy atom. The molecule has 0 N–H and O–H groups in total. The summed E-state index contributed by atoms with van der Waals surface area (Å²) in [5.41, 5.74) is 4.26. The van der Waals surface area contributed by atoms with Gasteiger partial charge in [0.25, 0.3) is 0 Å². The van der Waals surface area contributed by atoms with Crippen molar-refractivity contribution in [2.45, 2.75) is 25.3 Å². The molecule has 1 aliphatic carbocycles. The maximum absolute atomic E-state index is 4.14. The predicted octanol–water partition coefficient (Wildman–Crippen LogP) is 2.52. The van der Waals surface area contributed by atoms with Gasteiger partial charge < -0.3 is 0 Å². The lowest BCUT2D eigenvalue weighted by molar-refractivity contribution is 0.265. The van der Waals surface area contributed by atoms with E-state index in [1.807, 2.05) is 6.08 Å². The molecule has 0 aromatic rings. The highest BCUT2D eigenvalue weighted by molar-refractivity contribution is 5.46. The quantitative estimate of drug-likeness (QED) is 0.592. The van der Waals surface area contributed by atoms with Crippen LogP contribution in [0.3, 0.4) is 0 Å². The first kappa shape index (κ1) is 8.76. The molecule has 1 unspecified atom stereocenters. The van der Waals surface area contributed by atoms with Crippen molar-refractivity contribution in [3.8, 4) is 0 Å². The molecule has 13 heavy (non-hydrogen) atoms. The summed E-state index contributed by atoms with van der Waals surface area (Å²) in [6.07, 6.45) is 5.58. The van der Waals surface area contributed by atoms with E-state index in [-0.39, 0.29) is 0 Å². The van der Waals surface area contributed by atoms with E-state index in [4.69, 9.17) is 0 Å². The Bertz CT molecular complexity index is 285. The second-order valence-corrected chi connectivity index (χ2v) is 4.03. The molecule has 1 saturated carbocycles. The van der Waals surface area contributed by atoms with Gasteiger partial charge in [0.2, 0.25) is 0 Å². The number of likely N-dealkylation sites (N-methyl/N-ethyl adjacent to an activating group) is 1. The fourth-order valence-corrected chi connectivity index (χ4v) is 2.51. The molecule has 0 aromatic carbocycles. The van der Waals surface area contributed by atoms with Crippen LogP contribution in [0.4, 0.5) is 0 Å². The van der Waals surface area contributed by atoms with Crippen molar-refractivity contribution in [1.82, 2.24) is 4.90 Å². The van der Waals surface area contributed by atoms with Crippen LogP contribution in [0.2, 0.25) is 0 Å². The average molecular weight is 175 g/mol. The first-order valence-electron chi connectivity index (χ1n) is 4.98. The van der Waals surface area contributed by atoms with Crippen molar-refractivity contribution in [2.75, 3.05) is 13.6 Å². The molecule has 0 spiro atoms. The number of allylic oxidation sites excluding steroid dienone is 1. The molecule has 1 heteroatoms. The van der Waals surface area contributed by atoms with Gasteiger partial charge in [-0.25, -0.2) is 0 Å². The summed E-state index contributed by atoms with van der Waals surface area (Å²) in [4.78, 5) is 2.44. The molecule has 2 rings (SSSR count). The maximum atomic E-state index is 4.14. The van der Waals surface area contributed by atoms with Crippen molar-refractivity contribution in [2.24, 2.45) is 0 Å². The minimum absolute atomic E-state index is 0.634. The van der Waals surface area contributed by atoms with Crippen molar-refractivity contribution < 1.29 is 0 Å². The Balaban J connectivity index is 2.42. The summed E-state index contributed by atoms with van der Waals surface area (Å²) in [5, 5.41) is 0. The summed E-state index contributed by atoms with van der Waals surface area (Å²) >= 11 is 0. The number of fused-ring (bicyclic) bond motifs is 1. The molecule has 0 radical (unpaired) electrons. The highest BCUT2D eigenvalue weighted by atomic mass is 15.1. The third-order valence-electron chi connectivity index (χ3n) is 3.29. The second-order valence-electron chi connectivity index (χ2n) is 4.03. The lowest BCUT2D eigenvalue weighted by atomic mass is 9.94. The lowest BCUT2D eigenvalue weighted by Gasteiger charge is -2.31. The van der Waals surface area contributed by atoms with Gasteiger partial charge in [-0.05, 0) is 37.5 Å². The van der Waals surface area contributed by atoms with Crippen LogP contribution in [-0.4, -0.2) is 24.5 Å². The fraction of sp³-hybridized carbons (Fsp3) is 0.500. The normalized spacial score (nSPS) is 29.3. The standard InChI is InChI=1S/C12H17N/c1-4-10-7-8-13(3)11-6-5-9(2)12(10)11/h4,11H,1-2,5-8H2,3H3. The molecule has 1 atom stereocenters. The smallest absolute Gasteiger partial charge is 0.0353 e. The molecule has 0 saturated heterocycles. The van der Waals surface area contributed by atoms with Crippen molar-refractivity contribution in [1.29, 1.82) is 0 Å². The Hall–Kier alpha value is -0.820. The lowest BCUT2D eigenvalue weighted by Crippen LogP contribution is -2.35.